The standard InChI is InChI=1S/C19H26O2/c1-18-11-10-15-13(14(18)8-9-16(18)20)7-6-12-4-3-5-17(21)19(12,15)2/h8-9,12-13,15,20H,3-7,10-11H2,1-2H3/t12?,13-,15-,18-,19+/m0/s1. The molecule has 5 atom stereocenters. The van der Waals surface area contributed by atoms with Crippen LogP contribution in [0.15, 0.2) is 23.5 Å². The van der Waals surface area contributed by atoms with Crippen LogP contribution in [0.1, 0.15) is 58.8 Å². The number of rotatable bonds is 0. The van der Waals surface area contributed by atoms with E-state index in [-0.39, 0.29) is 10.8 Å². The quantitative estimate of drug-likeness (QED) is 0.708. The second-order valence-electron chi connectivity index (χ2n) is 8.13. The highest BCUT2D eigenvalue weighted by Crippen LogP contribution is 2.63. The molecule has 0 bridgehead atoms. The van der Waals surface area contributed by atoms with E-state index in [1.807, 2.05) is 6.08 Å². The Bertz CT molecular complexity index is 558. The largest absolute Gasteiger partial charge is 0.511 e. The van der Waals surface area contributed by atoms with Gasteiger partial charge in [0.2, 0.25) is 0 Å². The van der Waals surface area contributed by atoms with E-state index in [4.69, 9.17) is 0 Å². The molecule has 4 aliphatic carbocycles. The lowest BCUT2D eigenvalue weighted by molar-refractivity contribution is -0.146. The van der Waals surface area contributed by atoms with Crippen LogP contribution in [0.2, 0.25) is 0 Å². The van der Waals surface area contributed by atoms with Gasteiger partial charge in [0, 0.05) is 17.3 Å². The fourth-order valence-corrected chi connectivity index (χ4v) is 6.07. The third kappa shape index (κ3) is 1.57. The van der Waals surface area contributed by atoms with Crippen molar-refractivity contribution < 1.29 is 9.90 Å². The van der Waals surface area contributed by atoms with Crippen molar-refractivity contribution in [1.29, 1.82) is 0 Å². The summed E-state index contributed by atoms with van der Waals surface area (Å²) in [7, 11) is 0. The van der Waals surface area contributed by atoms with E-state index >= 15 is 0 Å². The van der Waals surface area contributed by atoms with Crippen molar-refractivity contribution in [2.24, 2.45) is 28.6 Å². The first-order valence-corrected chi connectivity index (χ1v) is 8.63. The van der Waals surface area contributed by atoms with Gasteiger partial charge in [0.15, 0.2) is 0 Å². The molecule has 0 radical (unpaired) electrons. The summed E-state index contributed by atoms with van der Waals surface area (Å²) in [4.78, 5) is 12.8. The maximum atomic E-state index is 12.8. The van der Waals surface area contributed by atoms with Crippen LogP contribution >= 0.6 is 0 Å². The Hall–Kier alpha value is -1.05. The summed E-state index contributed by atoms with van der Waals surface area (Å²) < 4.78 is 0. The van der Waals surface area contributed by atoms with Gasteiger partial charge in [0.25, 0.3) is 0 Å². The summed E-state index contributed by atoms with van der Waals surface area (Å²) in [5.74, 6) is 2.68. The average molecular weight is 286 g/mol. The highest BCUT2D eigenvalue weighted by molar-refractivity contribution is 5.86. The van der Waals surface area contributed by atoms with Crippen molar-refractivity contribution >= 4 is 5.78 Å². The first-order chi connectivity index (χ1) is 9.98. The monoisotopic (exact) mass is 286 g/mol. The second kappa shape index (κ2) is 4.24. The Morgan fingerprint density at radius 1 is 1.14 bits per heavy atom. The first kappa shape index (κ1) is 13.6. The van der Waals surface area contributed by atoms with E-state index in [1.54, 1.807) is 0 Å². The number of hydrogen-bond donors (Lipinski definition) is 1. The highest BCUT2D eigenvalue weighted by atomic mass is 16.3. The van der Waals surface area contributed by atoms with Crippen LogP contribution in [0.5, 0.6) is 0 Å². The number of aliphatic hydroxyl groups is 1. The number of Topliss-reactive ketones (excluding diaryl/α,β-unsaturated/α-hetero) is 1. The fourth-order valence-electron chi connectivity index (χ4n) is 6.07. The van der Waals surface area contributed by atoms with Crippen molar-refractivity contribution in [2.45, 2.75) is 58.8 Å². The molecule has 4 aliphatic rings. The number of ketones is 1. The van der Waals surface area contributed by atoms with Gasteiger partial charge in [-0.2, -0.15) is 0 Å². The molecule has 3 fully saturated rings. The minimum Gasteiger partial charge on any atom is -0.511 e. The topological polar surface area (TPSA) is 37.3 Å². The van der Waals surface area contributed by atoms with E-state index in [9.17, 15) is 9.90 Å². The predicted octanol–water partition coefficient (Wildman–Crippen LogP) is 4.57. The van der Waals surface area contributed by atoms with E-state index in [0.717, 1.165) is 25.7 Å². The normalized spacial score (nSPS) is 48.9. The van der Waals surface area contributed by atoms with Gasteiger partial charge in [0.1, 0.15) is 11.5 Å². The maximum absolute atomic E-state index is 12.8. The minimum absolute atomic E-state index is 0.0957. The second-order valence-corrected chi connectivity index (χ2v) is 8.13. The molecule has 0 aromatic rings. The van der Waals surface area contributed by atoms with Crippen LogP contribution in [-0.2, 0) is 4.79 Å². The molecule has 1 unspecified atom stereocenters. The molecular formula is C19H26O2. The molecule has 1 N–H and O–H groups in total. The third-order valence-corrected chi connectivity index (χ3v) is 7.47. The zero-order valence-corrected chi connectivity index (χ0v) is 13.2. The number of allylic oxidation sites excluding steroid dienone is 3. The molecule has 0 heterocycles. The van der Waals surface area contributed by atoms with Gasteiger partial charge >= 0.3 is 0 Å². The van der Waals surface area contributed by atoms with Gasteiger partial charge in [-0.15, -0.1) is 0 Å². The molecule has 21 heavy (non-hydrogen) atoms. The number of hydrogen-bond acceptors (Lipinski definition) is 2. The number of carbonyl (C=O) groups is 1. The summed E-state index contributed by atoms with van der Waals surface area (Å²) >= 11 is 0. The van der Waals surface area contributed by atoms with Gasteiger partial charge in [-0.05, 0) is 69.3 Å². The van der Waals surface area contributed by atoms with Gasteiger partial charge in [0.05, 0.1) is 0 Å². The lowest BCUT2D eigenvalue weighted by Gasteiger charge is -2.57. The number of carbonyl (C=O) groups excluding carboxylic acids is 1. The molecule has 3 saturated carbocycles. The molecule has 114 valence electrons. The van der Waals surface area contributed by atoms with Crippen LogP contribution in [0.4, 0.5) is 0 Å². The molecular weight excluding hydrogens is 260 g/mol. The average Bonchev–Trinajstić information content (AvgIpc) is 2.76. The van der Waals surface area contributed by atoms with E-state index in [2.05, 4.69) is 19.9 Å². The molecule has 0 aliphatic heterocycles. The molecule has 0 aromatic carbocycles. The van der Waals surface area contributed by atoms with Crippen molar-refractivity contribution in [2.75, 3.05) is 0 Å². The summed E-state index contributed by atoms with van der Waals surface area (Å²) in [5, 5.41) is 10.3. The SMILES string of the molecule is C[C@]12CC[C@H]3[C@@H](CCC4CCCC(=O)[C@]43C)C1=CC=C2O. The summed E-state index contributed by atoms with van der Waals surface area (Å²) in [6, 6.07) is 0. The lowest BCUT2D eigenvalue weighted by atomic mass is 9.46. The molecule has 0 spiro atoms. The van der Waals surface area contributed by atoms with Crippen molar-refractivity contribution in [3.8, 4) is 0 Å². The number of fused-ring (bicyclic) bond motifs is 5. The van der Waals surface area contributed by atoms with Crippen LogP contribution in [-0.4, -0.2) is 10.9 Å². The van der Waals surface area contributed by atoms with E-state index in [1.165, 1.54) is 24.8 Å². The van der Waals surface area contributed by atoms with Crippen LogP contribution < -0.4 is 0 Å². The molecule has 0 saturated heterocycles. The van der Waals surface area contributed by atoms with Crippen LogP contribution in [0, 0.1) is 28.6 Å². The maximum Gasteiger partial charge on any atom is 0.139 e. The van der Waals surface area contributed by atoms with Gasteiger partial charge in [-0.3, -0.25) is 4.79 Å². The van der Waals surface area contributed by atoms with Crippen molar-refractivity contribution in [3.63, 3.8) is 0 Å². The van der Waals surface area contributed by atoms with Crippen molar-refractivity contribution in [1.82, 2.24) is 0 Å². The van der Waals surface area contributed by atoms with Crippen LogP contribution in [0.3, 0.4) is 0 Å². The molecule has 0 aromatic heterocycles. The summed E-state index contributed by atoms with van der Waals surface area (Å²) in [6.07, 6.45) is 11.7. The lowest BCUT2D eigenvalue weighted by Crippen LogP contribution is -2.54. The fraction of sp³-hybridized carbons (Fsp3) is 0.737. The molecule has 2 nitrogen and oxygen atoms in total. The molecule has 4 rings (SSSR count). The third-order valence-electron chi connectivity index (χ3n) is 7.47. The van der Waals surface area contributed by atoms with E-state index in [0.29, 0.717) is 29.3 Å². The van der Waals surface area contributed by atoms with Crippen LogP contribution in [0.25, 0.3) is 0 Å². The smallest absolute Gasteiger partial charge is 0.139 e. The molecule has 0 amide bonds. The Morgan fingerprint density at radius 2 is 1.95 bits per heavy atom. The van der Waals surface area contributed by atoms with E-state index < -0.39 is 0 Å². The van der Waals surface area contributed by atoms with Crippen molar-refractivity contribution in [3.05, 3.63) is 23.5 Å². The summed E-state index contributed by atoms with van der Waals surface area (Å²) in [6.45, 7) is 4.45. The highest BCUT2D eigenvalue weighted by Gasteiger charge is 2.58. The van der Waals surface area contributed by atoms with Gasteiger partial charge in [-0.1, -0.05) is 18.6 Å². The summed E-state index contributed by atoms with van der Waals surface area (Å²) in [5.41, 5.74) is 1.18. The Kier molecular flexibility index (Phi) is 2.75. The first-order valence-electron chi connectivity index (χ1n) is 8.63. The Balaban J connectivity index is 1.73. The Morgan fingerprint density at radius 3 is 2.76 bits per heavy atom. The minimum atomic E-state index is -0.137. The Labute approximate surface area is 127 Å². The van der Waals surface area contributed by atoms with Gasteiger partial charge in [-0.25, -0.2) is 0 Å². The number of aliphatic hydroxyl groups excluding tert-OH is 1. The predicted molar refractivity (Wildman–Crippen MR) is 82.8 cm³/mol. The van der Waals surface area contributed by atoms with Gasteiger partial charge < -0.3 is 5.11 Å². The zero-order chi connectivity index (χ0) is 14.8. The zero-order valence-electron chi connectivity index (χ0n) is 13.2. The molecule has 2 heteroatoms.